The largest absolute Gasteiger partial charge is 0.354 e. The van der Waals surface area contributed by atoms with Crippen molar-refractivity contribution in [3.8, 4) is 0 Å². The van der Waals surface area contributed by atoms with Crippen LogP contribution in [0.15, 0.2) is 0 Å². The third kappa shape index (κ3) is 3.90. The van der Waals surface area contributed by atoms with Gasteiger partial charge in [-0.3, -0.25) is 14.4 Å². The van der Waals surface area contributed by atoms with Crippen molar-refractivity contribution in [2.45, 2.75) is 12.8 Å². The minimum absolute atomic E-state index is 0.0350. The fraction of sp³-hybridized carbons (Fsp3) is 0.727. The predicted octanol–water partition coefficient (Wildman–Crippen LogP) is -0.202. The van der Waals surface area contributed by atoms with Crippen LogP contribution < -0.4 is 10.6 Å². The molecule has 3 amide bonds. The average molecular weight is 271 g/mol. The molecule has 0 unspecified atom stereocenters. The number of hydrogen-bond donors (Lipinski definition) is 2. The quantitative estimate of drug-likeness (QED) is 0.656. The number of hydrogen-bond acceptors (Lipinski definition) is 4. The van der Waals surface area contributed by atoms with E-state index in [-0.39, 0.29) is 29.5 Å². The molecule has 0 spiro atoms. The van der Waals surface area contributed by atoms with Crippen LogP contribution in [0.1, 0.15) is 12.8 Å². The summed E-state index contributed by atoms with van der Waals surface area (Å²) in [5, 5.41) is 5.42. The molecule has 0 radical (unpaired) electrons. The van der Waals surface area contributed by atoms with Crippen LogP contribution in [0.25, 0.3) is 0 Å². The van der Waals surface area contributed by atoms with Gasteiger partial charge in [-0.2, -0.15) is 0 Å². The lowest BCUT2D eigenvalue weighted by atomic mass is 10.4. The first-order valence-corrected chi connectivity index (χ1v) is 7.11. The summed E-state index contributed by atoms with van der Waals surface area (Å²) in [7, 11) is 0. The Labute approximate surface area is 110 Å². The molecule has 2 fully saturated rings. The van der Waals surface area contributed by atoms with Crippen LogP contribution in [0.3, 0.4) is 0 Å². The summed E-state index contributed by atoms with van der Waals surface area (Å²) >= 11 is 1.24. The molecule has 2 N–H and O–H groups in total. The highest BCUT2D eigenvalue weighted by molar-refractivity contribution is 8.13. The lowest BCUT2D eigenvalue weighted by molar-refractivity contribution is -0.123. The highest BCUT2D eigenvalue weighted by Gasteiger charge is 2.29. The van der Waals surface area contributed by atoms with Crippen molar-refractivity contribution < 1.29 is 14.4 Å². The van der Waals surface area contributed by atoms with Gasteiger partial charge in [0.05, 0.1) is 0 Å². The molecule has 1 saturated carbocycles. The monoisotopic (exact) mass is 271 g/mol. The lowest BCUT2D eigenvalue weighted by Crippen LogP contribution is -2.40. The molecule has 1 heterocycles. The molecule has 1 aliphatic heterocycles. The van der Waals surface area contributed by atoms with E-state index in [0.29, 0.717) is 19.6 Å². The van der Waals surface area contributed by atoms with Gasteiger partial charge in [0.1, 0.15) is 6.54 Å². The van der Waals surface area contributed by atoms with Gasteiger partial charge in [-0.25, -0.2) is 0 Å². The summed E-state index contributed by atoms with van der Waals surface area (Å²) in [5.41, 5.74) is 0. The van der Waals surface area contributed by atoms with E-state index < -0.39 is 0 Å². The Morgan fingerprint density at radius 1 is 1.28 bits per heavy atom. The first kappa shape index (κ1) is 13.2. The number of nitrogens with zero attached hydrogens (tertiary/aromatic N) is 1. The van der Waals surface area contributed by atoms with E-state index in [4.69, 9.17) is 0 Å². The van der Waals surface area contributed by atoms with Crippen LogP contribution >= 0.6 is 11.8 Å². The van der Waals surface area contributed by atoms with E-state index in [1.54, 1.807) is 0 Å². The number of carbonyl (C=O) groups excluding carboxylic acids is 3. The minimum atomic E-state index is -0.175. The Balaban J connectivity index is 1.54. The number of rotatable bonds is 6. The highest BCUT2D eigenvalue weighted by Crippen LogP contribution is 2.28. The zero-order valence-corrected chi connectivity index (χ0v) is 10.9. The number of carbonyl (C=O) groups is 3. The van der Waals surface area contributed by atoms with Crippen LogP contribution in [0.4, 0.5) is 4.79 Å². The van der Waals surface area contributed by atoms with Gasteiger partial charge < -0.3 is 15.5 Å². The summed E-state index contributed by atoms with van der Waals surface area (Å²) < 4.78 is 0. The van der Waals surface area contributed by atoms with Crippen LogP contribution in [0, 0.1) is 5.92 Å². The first-order chi connectivity index (χ1) is 8.66. The van der Waals surface area contributed by atoms with Gasteiger partial charge >= 0.3 is 0 Å². The van der Waals surface area contributed by atoms with Gasteiger partial charge in [0, 0.05) is 31.3 Å². The maximum Gasteiger partial charge on any atom is 0.282 e. The van der Waals surface area contributed by atoms with Crippen molar-refractivity contribution >= 4 is 28.8 Å². The Hall–Kier alpha value is -1.24. The molecule has 0 aromatic heterocycles. The average Bonchev–Trinajstić information content (AvgIpc) is 3.11. The summed E-state index contributed by atoms with van der Waals surface area (Å²) in [6, 6.07) is 0. The van der Waals surface area contributed by atoms with Gasteiger partial charge in [-0.1, -0.05) is 11.8 Å². The van der Waals surface area contributed by atoms with Crippen molar-refractivity contribution in [3.05, 3.63) is 0 Å². The minimum Gasteiger partial charge on any atom is -0.354 e. The molecule has 6 nitrogen and oxygen atoms in total. The third-order valence-corrected chi connectivity index (χ3v) is 3.77. The van der Waals surface area contributed by atoms with E-state index in [1.165, 1.54) is 16.7 Å². The standard InChI is InChI=1S/C11H17N3O3S/c15-9(7-14-5-6-18-11(14)17)12-3-4-13-10(16)8-1-2-8/h8H,1-7H2,(H,12,15)(H,13,16). The van der Waals surface area contributed by atoms with Crippen molar-refractivity contribution in [1.29, 1.82) is 0 Å². The molecule has 0 bridgehead atoms. The van der Waals surface area contributed by atoms with Gasteiger partial charge in [0.15, 0.2) is 0 Å². The van der Waals surface area contributed by atoms with Crippen molar-refractivity contribution in [3.63, 3.8) is 0 Å². The number of nitrogens with one attached hydrogen (secondary N) is 2. The van der Waals surface area contributed by atoms with Crippen molar-refractivity contribution in [2.24, 2.45) is 5.92 Å². The normalized spacial score (nSPS) is 18.9. The molecule has 18 heavy (non-hydrogen) atoms. The Morgan fingerprint density at radius 2 is 2.00 bits per heavy atom. The second-order valence-corrected chi connectivity index (χ2v) is 5.50. The summed E-state index contributed by atoms with van der Waals surface area (Å²) in [5.74, 6) is 0.852. The summed E-state index contributed by atoms with van der Waals surface area (Å²) in [6.45, 7) is 1.61. The molecule has 0 aromatic carbocycles. The van der Waals surface area contributed by atoms with E-state index in [2.05, 4.69) is 10.6 Å². The summed E-state index contributed by atoms with van der Waals surface area (Å²) in [6.07, 6.45) is 1.96. The molecule has 1 saturated heterocycles. The van der Waals surface area contributed by atoms with Crippen LogP contribution in [0.2, 0.25) is 0 Å². The van der Waals surface area contributed by atoms with Crippen LogP contribution in [0.5, 0.6) is 0 Å². The van der Waals surface area contributed by atoms with Crippen LogP contribution in [-0.2, 0) is 9.59 Å². The maximum atomic E-state index is 11.5. The zero-order valence-electron chi connectivity index (χ0n) is 10.1. The van der Waals surface area contributed by atoms with Crippen molar-refractivity contribution in [2.75, 3.05) is 31.9 Å². The first-order valence-electron chi connectivity index (χ1n) is 6.13. The van der Waals surface area contributed by atoms with E-state index in [1.807, 2.05) is 0 Å². The lowest BCUT2D eigenvalue weighted by Gasteiger charge is -2.14. The fourth-order valence-electron chi connectivity index (χ4n) is 1.68. The molecule has 2 aliphatic rings. The van der Waals surface area contributed by atoms with Gasteiger partial charge in [-0.15, -0.1) is 0 Å². The SMILES string of the molecule is O=C(CN1CCSC1=O)NCCNC(=O)C1CC1. The molecule has 0 atom stereocenters. The molecular weight excluding hydrogens is 254 g/mol. The van der Waals surface area contributed by atoms with E-state index in [9.17, 15) is 14.4 Å². The number of amides is 3. The van der Waals surface area contributed by atoms with Gasteiger partial charge in [0.2, 0.25) is 11.8 Å². The van der Waals surface area contributed by atoms with E-state index in [0.717, 1.165) is 18.6 Å². The smallest absolute Gasteiger partial charge is 0.282 e. The molecule has 100 valence electrons. The molecule has 0 aromatic rings. The summed E-state index contributed by atoms with van der Waals surface area (Å²) in [4.78, 5) is 35.6. The molecule has 1 aliphatic carbocycles. The van der Waals surface area contributed by atoms with Gasteiger partial charge in [0.25, 0.3) is 5.24 Å². The Bertz CT molecular complexity index is 357. The van der Waals surface area contributed by atoms with E-state index >= 15 is 0 Å². The fourth-order valence-corrected chi connectivity index (χ4v) is 2.50. The van der Waals surface area contributed by atoms with Crippen molar-refractivity contribution in [1.82, 2.24) is 15.5 Å². The van der Waals surface area contributed by atoms with Gasteiger partial charge in [-0.05, 0) is 12.8 Å². The highest BCUT2D eigenvalue weighted by atomic mass is 32.2. The maximum absolute atomic E-state index is 11.5. The van der Waals surface area contributed by atoms with Crippen LogP contribution in [-0.4, -0.2) is 53.9 Å². The Morgan fingerprint density at radius 3 is 2.61 bits per heavy atom. The molecular formula is C11H17N3O3S. The Kier molecular flexibility index (Phi) is 4.46. The second-order valence-electron chi connectivity index (χ2n) is 4.45. The zero-order chi connectivity index (χ0) is 13.0. The third-order valence-electron chi connectivity index (χ3n) is 2.87. The number of thioether (sulfide) groups is 1. The topological polar surface area (TPSA) is 78.5 Å². The molecule has 7 heteroatoms. The molecule has 2 rings (SSSR count). The predicted molar refractivity (Wildman–Crippen MR) is 68.2 cm³/mol. The second kappa shape index (κ2) is 6.08.